The number of likely N-dealkylation sites (tertiary alicyclic amines) is 1. The van der Waals surface area contributed by atoms with E-state index >= 15 is 0 Å². The monoisotopic (exact) mass is 303 g/mol. The van der Waals surface area contributed by atoms with Crippen molar-refractivity contribution < 1.29 is 14.7 Å². The Bertz CT molecular complexity index is 707. The largest absolute Gasteiger partial charge is 0.480 e. The zero-order valence-electron chi connectivity index (χ0n) is 11.8. The molecule has 0 radical (unpaired) electrons. The van der Waals surface area contributed by atoms with Crippen molar-refractivity contribution in [1.82, 2.24) is 4.90 Å². The summed E-state index contributed by atoms with van der Waals surface area (Å²) in [5, 5.41) is 10.4. The van der Waals surface area contributed by atoms with Crippen LogP contribution in [0.1, 0.15) is 34.5 Å². The van der Waals surface area contributed by atoms with Crippen molar-refractivity contribution in [2.24, 2.45) is 0 Å². The van der Waals surface area contributed by atoms with E-state index in [1.165, 1.54) is 16.2 Å². The Morgan fingerprint density at radius 3 is 2.76 bits per heavy atom. The Morgan fingerprint density at radius 2 is 2.05 bits per heavy atom. The van der Waals surface area contributed by atoms with Crippen molar-refractivity contribution in [3.63, 3.8) is 0 Å². The maximum absolute atomic E-state index is 12.8. The van der Waals surface area contributed by atoms with Crippen molar-refractivity contribution in [3.8, 4) is 0 Å². The van der Waals surface area contributed by atoms with Gasteiger partial charge in [-0.3, -0.25) is 4.79 Å². The Labute approximate surface area is 127 Å². The molecule has 1 aliphatic rings. The van der Waals surface area contributed by atoms with Gasteiger partial charge in [0.05, 0.1) is 4.88 Å². The topological polar surface area (TPSA) is 57.6 Å². The molecule has 0 spiro atoms. The molecular weight excluding hydrogens is 286 g/mol. The average Bonchev–Trinajstić information content (AvgIpc) is 2.84. The number of aliphatic carboxylic acids is 1. The normalized spacial score (nSPS) is 18.9. The Hall–Kier alpha value is -1.88. The molecule has 1 aliphatic heterocycles. The molecular formula is C16H17NO3S. The van der Waals surface area contributed by atoms with Crippen LogP contribution in [0.2, 0.25) is 0 Å². The number of rotatable bonds is 2. The number of carbonyl (C=O) groups excluding carboxylic acids is 1. The summed E-state index contributed by atoms with van der Waals surface area (Å²) in [6.45, 7) is 2.47. The van der Waals surface area contributed by atoms with Gasteiger partial charge in [0.1, 0.15) is 6.04 Å². The van der Waals surface area contributed by atoms with Crippen LogP contribution in [0.5, 0.6) is 0 Å². The molecule has 5 heteroatoms. The molecule has 0 bridgehead atoms. The third-order valence-corrected chi connectivity index (χ3v) is 5.35. The molecule has 110 valence electrons. The number of carboxylic acids is 1. The first kappa shape index (κ1) is 14.1. The zero-order valence-corrected chi connectivity index (χ0v) is 12.7. The molecule has 0 saturated carbocycles. The van der Waals surface area contributed by atoms with Crippen LogP contribution in [0.4, 0.5) is 0 Å². The number of piperidine rings is 1. The molecule has 1 N–H and O–H groups in total. The van der Waals surface area contributed by atoms with Crippen LogP contribution in [-0.4, -0.2) is 34.5 Å². The lowest BCUT2D eigenvalue weighted by atomic mass is 10.0. The highest BCUT2D eigenvalue weighted by molar-refractivity contribution is 7.21. The molecule has 3 rings (SSSR count). The highest BCUT2D eigenvalue weighted by atomic mass is 32.1. The second-order valence-corrected chi connectivity index (χ2v) is 6.45. The Kier molecular flexibility index (Phi) is 3.68. The second kappa shape index (κ2) is 5.48. The summed E-state index contributed by atoms with van der Waals surface area (Å²) in [7, 11) is 0. The second-order valence-electron chi connectivity index (χ2n) is 5.40. The molecule has 1 atom stereocenters. The summed E-state index contributed by atoms with van der Waals surface area (Å²) in [6, 6.07) is 7.22. The van der Waals surface area contributed by atoms with Gasteiger partial charge < -0.3 is 10.0 Å². The van der Waals surface area contributed by atoms with Crippen LogP contribution in [0.3, 0.4) is 0 Å². The summed E-state index contributed by atoms with van der Waals surface area (Å²) < 4.78 is 1.07. The standard InChI is InChI=1S/C16H17NO3S/c1-10-11-6-2-3-8-13(11)21-14(10)15(18)17-9-5-4-7-12(17)16(19)20/h2-3,6,8,12H,4-5,7,9H2,1H3,(H,19,20). The summed E-state index contributed by atoms with van der Waals surface area (Å²) in [5.74, 6) is -1.04. The van der Waals surface area contributed by atoms with Gasteiger partial charge in [0, 0.05) is 11.2 Å². The highest BCUT2D eigenvalue weighted by Crippen LogP contribution is 2.32. The fourth-order valence-corrected chi connectivity index (χ4v) is 4.11. The number of hydrogen-bond acceptors (Lipinski definition) is 3. The van der Waals surface area contributed by atoms with Crippen LogP contribution >= 0.6 is 11.3 Å². The first-order valence-corrected chi connectivity index (χ1v) is 7.93. The molecule has 2 heterocycles. The van der Waals surface area contributed by atoms with E-state index in [1.54, 1.807) is 0 Å². The Balaban J connectivity index is 1.99. The minimum absolute atomic E-state index is 0.138. The van der Waals surface area contributed by atoms with E-state index < -0.39 is 12.0 Å². The molecule has 1 unspecified atom stereocenters. The van der Waals surface area contributed by atoms with E-state index in [4.69, 9.17) is 0 Å². The first-order chi connectivity index (χ1) is 10.1. The maximum Gasteiger partial charge on any atom is 0.326 e. The van der Waals surface area contributed by atoms with Gasteiger partial charge >= 0.3 is 5.97 Å². The van der Waals surface area contributed by atoms with Gasteiger partial charge in [-0.25, -0.2) is 4.79 Å². The van der Waals surface area contributed by atoms with Crippen molar-refractivity contribution in [3.05, 3.63) is 34.7 Å². The van der Waals surface area contributed by atoms with Crippen LogP contribution in [0.15, 0.2) is 24.3 Å². The molecule has 2 aromatic rings. The number of nitrogens with zero attached hydrogens (tertiary/aromatic N) is 1. The number of hydrogen-bond donors (Lipinski definition) is 1. The van der Waals surface area contributed by atoms with Crippen LogP contribution < -0.4 is 0 Å². The van der Waals surface area contributed by atoms with Gasteiger partial charge in [-0.15, -0.1) is 11.3 Å². The summed E-state index contributed by atoms with van der Waals surface area (Å²) in [5.41, 5.74) is 0.954. The fraction of sp³-hybridized carbons (Fsp3) is 0.375. The molecule has 0 aliphatic carbocycles. The van der Waals surface area contributed by atoms with Gasteiger partial charge in [-0.2, -0.15) is 0 Å². The predicted molar refractivity (Wildman–Crippen MR) is 82.9 cm³/mol. The number of fused-ring (bicyclic) bond motifs is 1. The summed E-state index contributed by atoms with van der Waals surface area (Å²) in [4.78, 5) is 26.3. The third kappa shape index (κ3) is 2.42. The average molecular weight is 303 g/mol. The number of amides is 1. The molecule has 1 aromatic heterocycles. The van der Waals surface area contributed by atoms with Gasteiger partial charge in [0.2, 0.25) is 0 Å². The number of carbonyl (C=O) groups is 2. The van der Waals surface area contributed by atoms with E-state index in [0.717, 1.165) is 28.5 Å². The van der Waals surface area contributed by atoms with Crippen LogP contribution in [0, 0.1) is 6.92 Å². The lowest BCUT2D eigenvalue weighted by Crippen LogP contribution is -2.47. The van der Waals surface area contributed by atoms with Gasteiger partial charge in [-0.05, 0) is 43.2 Å². The number of aryl methyl sites for hydroxylation is 1. The predicted octanol–water partition coefficient (Wildman–Crippen LogP) is 3.29. The van der Waals surface area contributed by atoms with E-state index in [1.807, 2.05) is 31.2 Å². The minimum Gasteiger partial charge on any atom is -0.480 e. The first-order valence-electron chi connectivity index (χ1n) is 7.11. The minimum atomic E-state index is -0.901. The van der Waals surface area contributed by atoms with E-state index in [9.17, 15) is 14.7 Å². The zero-order chi connectivity index (χ0) is 15.0. The van der Waals surface area contributed by atoms with Crippen molar-refractivity contribution in [2.75, 3.05) is 6.54 Å². The Morgan fingerprint density at radius 1 is 1.29 bits per heavy atom. The van der Waals surface area contributed by atoms with Crippen LogP contribution in [-0.2, 0) is 4.79 Å². The van der Waals surface area contributed by atoms with E-state index in [0.29, 0.717) is 17.8 Å². The van der Waals surface area contributed by atoms with Crippen molar-refractivity contribution in [1.29, 1.82) is 0 Å². The molecule has 1 aromatic carbocycles. The highest BCUT2D eigenvalue weighted by Gasteiger charge is 2.33. The van der Waals surface area contributed by atoms with Gasteiger partial charge in [0.15, 0.2) is 0 Å². The molecule has 1 fully saturated rings. The lowest BCUT2D eigenvalue weighted by Gasteiger charge is -2.32. The van der Waals surface area contributed by atoms with Crippen molar-refractivity contribution in [2.45, 2.75) is 32.2 Å². The summed E-state index contributed by atoms with van der Waals surface area (Å²) in [6.07, 6.45) is 2.29. The lowest BCUT2D eigenvalue weighted by molar-refractivity contribution is -0.143. The van der Waals surface area contributed by atoms with Gasteiger partial charge in [0.25, 0.3) is 5.91 Å². The molecule has 1 amide bonds. The van der Waals surface area contributed by atoms with E-state index in [2.05, 4.69) is 0 Å². The number of benzene rings is 1. The maximum atomic E-state index is 12.8. The smallest absolute Gasteiger partial charge is 0.326 e. The molecule has 4 nitrogen and oxygen atoms in total. The van der Waals surface area contributed by atoms with Gasteiger partial charge in [-0.1, -0.05) is 18.2 Å². The quantitative estimate of drug-likeness (QED) is 0.926. The fourth-order valence-electron chi connectivity index (χ4n) is 2.94. The molecule has 21 heavy (non-hydrogen) atoms. The SMILES string of the molecule is Cc1c(C(=O)N2CCCCC2C(=O)O)sc2ccccc12. The van der Waals surface area contributed by atoms with Crippen LogP contribution in [0.25, 0.3) is 10.1 Å². The third-order valence-electron chi connectivity index (χ3n) is 4.09. The number of carboxylic acid groups (broad SMARTS) is 1. The van der Waals surface area contributed by atoms with Crippen molar-refractivity contribution >= 4 is 33.3 Å². The summed E-state index contributed by atoms with van der Waals surface area (Å²) >= 11 is 1.46. The molecule has 1 saturated heterocycles. The number of thiophene rings is 1. The van der Waals surface area contributed by atoms with E-state index in [-0.39, 0.29) is 5.91 Å².